The Bertz CT molecular complexity index is 1190. The zero-order chi connectivity index (χ0) is 20.5. The lowest BCUT2D eigenvalue weighted by Crippen LogP contribution is -2.24. The molecular formula is C19H18N4O4S. The molecule has 0 aliphatic carbocycles. The van der Waals surface area contributed by atoms with E-state index in [2.05, 4.69) is 21.1 Å². The molecule has 9 heteroatoms. The van der Waals surface area contributed by atoms with Gasteiger partial charge in [-0.3, -0.25) is 4.72 Å². The maximum atomic E-state index is 12.8. The number of hydrogen-bond acceptors (Lipinski definition) is 4. The maximum absolute atomic E-state index is 12.8. The van der Waals surface area contributed by atoms with Crippen molar-refractivity contribution in [1.82, 2.24) is 10.3 Å². The van der Waals surface area contributed by atoms with E-state index in [4.69, 9.17) is 5.11 Å². The van der Waals surface area contributed by atoms with Gasteiger partial charge in [0.1, 0.15) is 6.07 Å². The fourth-order valence-electron chi connectivity index (χ4n) is 3.00. The van der Waals surface area contributed by atoms with Gasteiger partial charge in [0.15, 0.2) is 0 Å². The fraction of sp³-hybridized carbons (Fsp3) is 0.158. The van der Waals surface area contributed by atoms with Crippen molar-refractivity contribution in [3.05, 3.63) is 59.3 Å². The Morgan fingerprint density at radius 1 is 1.21 bits per heavy atom. The molecule has 0 aliphatic heterocycles. The van der Waals surface area contributed by atoms with E-state index < -0.39 is 22.2 Å². The Labute approximate surface area is 161 Å². The highest BCUT2D eigenvalue weighted by Crippen LogP contribution is 2.30. The van der Waals surface area contributed by atoms with E-state index >= 15 is 0 Å². The lowest BCUT2D eigenvalue weighted by Gasteiger charge is -2.13. The van der Waals surface area contributed by atoms with Crippen LogP contribution in [0.1, 0.15) is 29.7 Å². The van der Waals surface area contributed by atoms with Crippen LogP contribution in [0.25, 0.3) is 10.9 Å². The van der Waals surface area contributed by atoms with Crippen molar-refractivity contribution < 1.29 is 18.3 Å². The van der Waals surface area contributed by atoms with Crippen molar-refractivity contribution in [3.63, 3.8) is 0 Å². The second kappa shape index (κ2) is 7.25. The number of H-pyrrole nitrogens is 1. The Kier molecular flexibility index (Phi) is 4.98. The topological polar surface area (TPSA) is 135 Å². The molecular weight excluding hydrogens is 380 g/mol. The summed E-state index contributed by atoms with van der Waals surface area (Å²) in [7, 11) is -3.87. The van der Waals surface area contributed by atoms with Crippen LogP contribution in [0.3, 0.4) is 0 Å². The van der Waals surface area contributed by atoms with Gasteiger partial charge >= 0.3 is 6.09 Å². The number of carboxylic acid groups (broad SMARTS) is 1. The Morgan fingerprint density at radius 3 is 2.50 bits per heavy atom. The van der Waals surface area contributed by atoms with Crippen LogP contribution < -0.4 is 10.0 Å². The van der Waals surface area contributed by atoms with Gasteiger partial charge in [0.2, 0.25) is 0 Å². The molecule has 1 amide bonds. The molecule has 0 fully saturated rings. The van der Waals surface area contributed by atoms with Crippen LogP contribution in [0.5, 0.6) is 0 Å². The molecule has 1 heterocycles. The van der Waals surface area contributed by atoms with Crippen LogP contribution >= 0.6 is 0 Å². The Morgan fingerprint density at radius 2 is 1.89 bits per heavy atom. The average Bonchev–Trinajstić information content (AvgIpc) is 3.09. The van der Waals surface area contributed by atoms with Crippen LogP contribution in [0.2, 0.25) is 0 Å². The lowest BCUT2D eigenvalue weighted by atomic mass is 10.1. The molecule has 1 aromatic heterocycles. The van der Waals surface area contributed by atoms with Gasteiger partial charge in [0.05, 0.1) is 27.7 Å². The number of hydrogen-bond donors (Lipinski definition) is 4. The molecule has 0 saturated heterocycles. The quantitative estimate of drug-likeness (QED) is 0.522. The number of carbonyl (C=O) groups is 1. The number of fused-ring (bicyclic) bond motifs is 1. The Hall–Kier alpha value is -3.51. The number of aromatic amines is 1. The normalized spacial score (nSPS) is 12.3. The van der Waals surface area contributed by atoms with Crippen LogP contribution in [-0.2, 0) is 10.0 Å². The molecule has 0 spiro atoms. The molecule has 4 N–H and O–H groups in total. The summed E-state index contributed by atoms with van der Waals surface area (Å²) in [4.78, 5) is 13.7. The lowest BCUT2D eigenvalue weighted by molar-refractivity contribution is 0.191. The number of anilines is 1. The highest BCUT2D eigenvalue weighted by Gasteiger charge is 2.18. The van der Waals surface area contributed by atoms with Crippen molar-refractivity contribution in [3.8, 4) is 6.07 Å². The first-order valence-electron chi connectivity index (χ1n) is 8.36. The standard InChI is InChI=1S/C19H18N4O4S/c1-11-3-8-16(18-17(11)14(9-20)10-21-18)23-28(26,27)15-6-4-13(5-7-15)12(2)22-19(24)25/h3-8,10,12,21-23H,1-2H3,(H,24,25). The molecule has 1 unspecified atom stereocenters. The third kappa shape index (κ3) is 3.63. The van der Waals surface area contributed by atoms with Gasteiger partial charge in [-0.1, -0.05) is 18.2 Å². The monoisotopic (exact) mass is 398 g/mol. The van der Waals surface area contributed by atoms with Crippen molar-refractivity contribution in [2.45, 2.75) is 24.8 Å². The van der Waals surface area contributed by atoms with Gasteiger partial charge in [-0.05, 0) is 43.2 Å². The van der Waals surface area contributed by atoms with Crippen molar-refractivity contribution in [2.75, 3.05) is 4.72 Å². The number of nitrogens with zero attached hydrogens (tertiary/aromatic N) is 1. The summed E-state index contributed by atoms with van der Waals surface area (Å²) >= 11 is 0. The molecule has 1 atom stereocenters. The van der Waals surface area contributed by atoms with Crippen molar-refractivity contribution in [1.29, 1.82) is 5.26 Å². The average molecular weight is 398 g/mol. The van der Waals surface area contributed by atoms with Gasteiger partial charge < -0.3 is 15.4 Å². The second-order valence-corrected chi connectivity index (χ2v) is 8.02. The molecule has 144 valence electrons. The fourth-order valence-corrected chi connectivity index (χ4v) is 4.07. The number of sulfonamides is 1. The van der Waals surface area contributed by atoms with Crippen LogP contribution in [-0.4, -0.2) is 24.6 Å². The first-order valence-corrected chi connectivity index (χ1v) is 9.84. The van der Waals surface area contributed by atoms with E-state index in [1.807, 2.05) is 6.92 Å². The zero-order valence-electron chi connectivity index (χ0n) is 15.1. The number of aromatic nitrogens is 1. The van der Waals surface area contributed by atoms with Gasteiger partial charge in [-0.25, -0.2) is 13.2 Å². The maximum Gasteiger partial charge on any atom is 0.405 e. The predicted molar refractivity (Wildman–Crippen MR) is 105 cm³/mol. The molecule has 8 nitrogen and oxygen atoms in total. The number of rotatable bonds is 5. The second-order valence-electron chi connectivity index (χ2n) is 6.34. The van der Waals surface area contributed by atoms with Gasteiger partial charge in [0.25, 0.3) is 10.0 Å². The molecule has 2 aromatic carbocycles. The molecule has 0 aliphatic rings. The predicted octanol–water partition coefficient (Wildman–Crippen LogP) is 3.48. The number of benzene rings is 2. The number of nitriles is 1. The zero-order valence-corrected chi connectivity index (χ0v) is 16.0. The van der Waals surface area contributed by atoms with E-state index in [-0.39, 0.29) is 4.90 Å². The molecule has 3 aromatic rings. The minimum absolute atomic E-state index is 0.0413. The van der Waals surface area contributed by atoms with Crippen LogP contribution in [0.4, 0.5) is 10.5 Å². The first-order chi connectivity index (χ1) is 13.2. The summed E-state index contributed by atoms with van der Waals surface area (Å²) in [6.45, 7) is 3.51. The summed E-state index contributed by atoms with van der Waals surface area (Å²) in [5.74, 6) is 0. The summed E-state index contributed by atoms with van der Waals surface area (Å²) < 4.78 is 28.1. The van der Waals surface area contributed by atoms with Gasteiger partial charge in [0, 0.05) is 11.6 Å². The van der Waals surface area contributed by atoms with Crippen LogP contribution in [0.15, 0.2) is 47.5 Å². The summed E-state index contributed by atoms with van der Waals surface area (Å²) in [6, 6.07) is 10.9. The number of nitrogens with one attached hydrogen (secondary N) is 3. The molecule has 28 heavy (non-hydrogen) atoms. The van der Waals surface area contributed by atoms with E-state index in [1.54, 1.807) is 37.4 Å². The molecule has 3 rings (SSSR count). The smallest absolute Gasteiger partial charge is 0.405 e. The highest BCUT2D eigenvalue weighted by atomic mass is 32.2. The van der Waals surface area contributed by atoms with Crippen LogP contribution in [0, 0.1) is 18.3 Å². The summed E-state index contributed by atoms with van der Waals surface area (Å²) in [5, 5.41) is 21.0. The third-order valence-corrected chi connectivity index (χ3v) is 5.82. The first kappa shape index (κ1) is 19.3. The Balaban J connectivity index is 1.92. The van der Waals surface area contributed by atoms with Crippen molar-refractivity contribution in [2.24, 2.45) is 0 Å². The third-order valence-electron chi connectivity index (χ3n) is 4.44. The molecule has 0 saturated carbocycles. The molecule has 0 radical (unpaired) electrons. The van der Waals surface area contributed by atoms with Gasteiger partial charge in [-0.2, -0.15) is 5.26 Å². The number of amides is 1. The largest absolute Gasteiger partial charge is 0.465 e. The van der Waals surface area contributed by atoms with Gasteiger partial charge in [-0.15, -0.1) is 0 Å². The van der Waals surface area contributed by atoms with E-state index in [9.17, 15) is 18.5 Å². The summed E-state index contributed by atoms with van der Waals surface area (Å²) in [6.07, 6.45) is 0.387. The van der Waals surface area contributed by atoms with E-state index in [1.165, 1.54) is 12.1 Å². The molecule has 0 bridgehead atoms. The number of aryl methyl sites for hydroxylation is 1. The minimum Gasteiger partial charge on any atom is -0.465 e. The van der Waals surface area contributed by atoms with E-state index in [0.717, 1.165) is 5.56 Å². The van der Waals surface area contributed by atoms with E-state index in [0.29, 0.717) is 27.7 Å². The SMILES string of the molecule is Cc1ccc(NS(=O)(=O)c2ccc(C(C)NC(=O)O)cc2)c2[nH]cc(C#N)c12. The minimum atomic E-state index is -3.87. The summed E-state index contributed by atoms with van der Waals surface area (Å²) in [5.41, 5.74) is 2.82. The highest BCUT2D eigenvalue weighted by molar-refractivity contribution is 7.92. The van der Waals surface area contributed by atoms with Crippen molar-refractivity contribution >= 4 is 32.7 Å².